The van der Waals surface area contributed by atoms with Gasteiger partial charge in [-0.05, 0) is 18.2 Å². The van der Waals surface area contributed by atoms with Crippen molar-refractivity contribution in [3.05, 3.63) is 36.1 Å². The first kappa shape index (κ1) is 15.7. The summed E-state index contributed by atoms with van der Waals surface area (Å²) in [4.78, 5) is 13.5. The molecule has 1 aliphatic heterocycles. The monoisotopic (exact) mass is 299 g/mol. The average molecular weight is 299 g/mol. The van der Waals surface area contributed by atoms with Crippen LogP contribution in [0.4, 0.5) is 8.78 Å². The van der Waals surface area contributed by atoms with Crippen molar-refractivity contribution in [1.29, 1.82) is 0 Å². The minimum atomic E-state index is -1.73. The first-order valence-corrected chi connectivity index (χ1v) is 6.81. The molecule has 2 aliphatic rings. The fraction of sp³-hybridized carbons (Fsp3) is 0.533. The summed E-state index contributed by atoms with van der Waals surface area (Å²) < 4.78 is 35.1. The quantitative estimate of drug-likeness (QED) is 0.782. The van der Waals surface area contributed by atoms with Gasteiger partial charge in [0.15, 0.2) is 0 Å². The van der Waals surface area contributed by atoms with Crippen LogP contribution in [0.3, 0.4) is 0 Å². The molecule has 4 nitrogen and oxygen atoms in total. The minimum Gasteiger partial charge on any atom is -0.497 e. The third kappa shape index (κ3) is 3.91. The topological polar surface area (TPSA) is 38.8 Å². The van der Waals surface area contributed by atoms with E-state index < -0.39 is 12.0 Å². The summed E-state index contributed by atoms with van der Waals surface area (Å²) in [5, 5.41) is 0. The van der Waals surface area contributed by atoms with Gasteiger partial charge in [0.05, 0.1) is 13.2 Å². The fourth-order valence-electron chi connectivity index (χ4n) is 2.74. The third-order valence-electron chi connectivity index (χ3n) is 3.80. The van der Waals surface area contributed by atoms with E-state index in [4.69, 9.17) is 9.47 Å². The second kappa shape index (κ2) is 6.85. The molecule has 0 N–H and O–H groups in total. The van der Waals surface area contributed by atoms with Crippen molar-refractivity contribution < 1.29 is 23.0 Å². The van der Waals surface area contributed by atoms with Crippen LogP contribution in [0, 0.1) is 11.8 Å². The number of methoxy groups -OCH3 is 2. The van der Waals surface area contributed by atoms with E-state index in [1.165, 1.54) is 0 Å². The number of amides is 1. The highest BCUT2D eigenvalue weighted by Gasteiger charge is 2.32. The Morgan fingerprint density at radius 1 is 1.48 bits per heavy atom. The van der Waals surface area contributed by atoms with Gasteiger partial charge in [-0.2, -0.15) is 8.78 Å². The van der Waals surface area contributed by atoms with Crippen LogP contribution in [0.15, 0.2) is 36.1 Å². The highest BCUT2D eigenvalue weighted by molar-refractivity contribution is 5.79. The van der Waals surface area contributed by atoms with Crippen molar-refractivity contribution in [3.8, 4) is 0 Å². The van der Waals surface area contributed by atoms with E-state index in [9.17, 15) is 13.6 Å². The predicted octanol–water partition coefficient (Wildman–Crippen LogP) is 2.35. The van der Waals surface area contributed by atoms with Crippen LogP contribution in [0.2, 0.25) is 0 Å². The van der Waals surface area contributed by atoms with Crippen LogP contribution < -0.4 is 0 Å². The number of halogens is 2. The molecule has 0 spiro atoms. The first-order chi connectivity index (χ1) is 10.0. The lowest BCUT2D eigenvalue weighted by atomic mass is 9.96. The summed E-state index contributed by atoms with van der Waals surface area (Å²) in [6.45, 7) is 0.789. The lowest BCUT2D eigenvalue weighted by molar-refractivity contribution is -0.128. The molecule has 2 rings (SSSR count). The second-order valence-corrected chi connectivity index (χ2v) is 5.22. The lowest BCUT2D eigenvalue weighted by Gasteiger charge is -2.28. The summed E-state index contributed by atoms with van der Waals surface area (Å²) in [6, 6.07) is 0. The van der Waals surface area contributed by atoms with Gasteiger partial charge < -0.3 is 14.4 Å². The Morgan fingerprint density at radius 3 is 2.86 bits per heavy atom. The second-order valence-electron chi connectivity index (χ2n) is 5.22. The molecule has 0 aromatic carbocycles. The van der Waals surface area contributed by atoms with E-state index in [1.54, 1.807) is 19.1 Å². The van der Waals surface area contributed by atoms with Gasteiger partial charge >= 0.3 is 0 Å². The van der Waals surface area contributed by atoms with Crippen molar-refractivity contribution >= 4 is 5.91 Å². The van der Waals surface area contributed by atoms with Crippen LogP contribution in [-0.2, 0) is 14.3 Å². The van der Waals surface area contributed by atoms with Gasteiger partial charge in [0, 0.05) is 38.5 Å². The zero-order valence-electron chi connectivity index (χ0n) is 12.1. The molecule has 3 unspecified atom stereocenters. The molecule has 1 aliphatic carbocycles. The van der Waals surface area contributed by atoms with Gasteiger partial charge in [0.2, 0.25) is 5.91 Å². The largest absolute Gasteiger partial charge is 0.497 e. The van der Waals surface area contributed by atoms with Crippen molar-refractivity contribution in [2.24, 2.45) is 11.8 Å². The number of carbonyl (C=O) groups excluding carboxylic acids is 1. The predicted molar refractivity (Wildman–Crippen MR) is 73.5 cm³/mol. The highest BCUT2D eigenvalue weighted by Crippen LogP contribution is 2.26. The molecule has 1 fully saturated rings. The molecule has 0 aromatic rings. The molecule has 1 saturated heterocycles. The number of hydrogen-bond acceptors (Lipinski definition) is 3. The number of carbonyl (C=O) groups is 1. The molecule has 3 atom stereocenters. The van der Waals surface area contributed by atoms with E-state index >= 15 is 0 Å². The fourth-order valence-corrected chi connectivity index (χ4v) is 2.74. The third-order valence-corrected chi connectivity index (χ3v) is 3.80. The molecule has 21 heavy (non-hydrogen) atoms. The van der Waals surface area contributed by atoms with Gasteiger partial charge in [-0.25, -0.2) is 0 Å². The van der Waals surface area contributed by atoms with E-state index in [1.807, 2.05) is 18.2 Å². The maximum Gasteiger partial charge on any atom is 0.266 e. The summed E-state index contributed by atoms with van der Waals surface area (Å²) in [5.74, 6) is 0.213. The summed E-state index contributed by atoms with van der Waals surface area (Å²) in [6.07, 6.45) is 4.71. The number of nitrogens with zero attached hydrogens (tertiary/aromatic N) is 1. The lowest BCUT2D eigenvalue weighted by Crippen LogP contribution is -2.36. The average Bonchev–Trinajstić information content (AvgIpc) is 2.78. The summed E-state index contributed by atoms with van der Waals surface area (Å²) in [5.41, 5.74) is 0. The molecule has 6 heteroatoms. The van der Waals surface area contributed by atoms with Crippen LogP contribution in [-0.4, -0.2) is 44.2 Å². The molecule has 0 aromatic heterocycles. The van der Waals surface area contributed by atoms with Crippen LogP contribution >= 0.6 is 0 Å². The molecule has 116 valence electrons. The van der Waals surface area contributed by atoms with E-state index in [2.05, 4.69) is 0 Å². The van der Waals surface area contributed by atoms with Crippen molar-refractivity contribution in [3.63, 3.8) is 0 Å². The summed E-state index contributed by atoms with van der Waals surface area (Å²) in [7, 11) is 3.17. The molecule has 0 saturated carbocycles. The zero-order chi connectivity index (χ0) is 15.4. The number of ether oxygens (including phenoxy) is 2. The number of likely N-dealkylation sites (tertiary alicyclic amines) is 1. The van der Waals surface area contributed by atoms with Crippen molar-refractivity contribution in [1.82, 2.24) is 4.90 Å². The Bertz CT molecular complexity index is 483. The maximum absolute atomic E-state index is 12.3. The molecule has 0 radical (unpaired) electrons. The Balaban J connectivity index is 1.99. The minimum absolute atomic E-state index is 0.00389. The molecule has 1 amide bonds. The smallest absolute Gasteiger partial charge is 0.266 e. The van der Waals surface area contributed by atoms with Crippen LogP contribution in [0.5, 0.6) is 0 Å². The Hall–Kier alpha value is -1.69. The first-order valence-electron chi connectivity index (χ1n) is 6.81. The normalized spacial score (nSPS) is 28.6. The number of allylic oxidation sites excluding steroid dienone is 1. The standard InChI is InChI=1S/C15H19F2NO3/c1-20-12-4-3-11(13(7-12)21-2)9-18-8-10(5-14(16)17)6-15(18)19/h3-5,7,10-11,13H,6,8-9H2,1-2H3. The van der Waals surface area contributed by atoms with Gasteiger partial charge in [-0.3, -0.25) is 4.79 Å². The molecule has 0 bridgehead atoms. The molecule has 1 heterocycles. The number of hydrogen-bond donors (Lipinski definition) is 0. The molecular weight excluding hydrogens is 280 g/mol. The van der Waals surface area contributed by atoms with Gasteiger partial charge in [-0.15, -0.1) is 0 Å². The van der Waals surface area contributed by atoms with Crippen LogP contribution in [0.25, 0.3) is 0 Å². The number of rotatable bonds is 5. The maximum atomic E-state index is 12.3. The zero-order valence-corrected chi connectivity index (χ0v) is 12.1. The van der Waals surface area contributed by atoms with Gasteiger partial charge in [0.25, 0.3) is 6.08 Å². The van der Waals surface area contributed by atoms with Crippen molar-refractivity contribution in [2.45, 2.75) is 12.5 Å². The van der Waals surface area contributed by atoms with E-state index in [0.717, 1.165) is 6.08 Å². The van der Waals surface area contributed by atoms with Gasteiger partial charge in [0.1, 0.15) is 5.76 Å². The van der Waals surface area contributed by atoms with E-state index in [0.29, 0.717) is 18.8 Å². The summed E-state index contributed by atoms with van der Waals surface area (Å²) >= 11 is 0. The van der Waals surface area contributed by atoms with Crippen LogP contribution in [0.1, 0.15) is 6.42 Å². The van der Waals surface area contributed by atoms with Gasteiger partial charge in [-0.1, -0.05) is 6.08 Å². The Morgan fingerprint density at radius 2 is 2.24 bits per heavy atom. The Kier molecular flexibility index (Phi) is 5.12. The molecular formula is C15H19F2NO3. The highest BCUT2D eigenvalue weighted by atomic mass is 19.3. The Labute approximate surface area is 122 Å². The SMILES string of the molecule is COC1=CC(OC)C(CN2CC(C=C(F)F)CC2=O)C=C1. The van der Waals surface area contributed by atoms with Crippen molar-refractivity contribution in [2.75, 3.05) is 27.3 Å². The van der Waals surface area contributed by atoms with E-state index in [-0.39, 0.29) is 24.3 Å².